The van der Waals surface area contributed by atoms with Crippen molar-refractivity contribution in [1.29, 1.82) is 0 Å². The third kappa shape index (κ3) is 4.49. The van der Waals surface area contributed by atoms with Crippen LogP contribution in [0.3, 0.4) is 0 Å². The summed E-state index contributed by atoms with van der Waals surface area (Å²) >= 11 is 0. The molecule has 3 aliphatic rings. The van der Waals surface area contributed by atoms with Gasteiger partial charge in [-0.25, -0.2) is 9.48 Å². The normalized spacial score (nSPS) is 24.1. The summed E-state index contributed by atoms with van der Waals surface area (Å²) in [6, 6.07) is 14.4. The number of rotatable bonds is 4. The number of nitrogens with one attached hydrogen (secondary N) is 1. The summed E-state index contributed by atoms with van der Waals surface area (Å²) in [5, 5.41) is 14.9. The smallest absolute Gasteiger partial charge is 0.338 e. The molecule has 4 heterocycles. The molecule has 6 rings (SSSR count). The minimum absolute atomic E-state index is 0.0847. The van der Waals surface area contributed by atoms with Crippen molar-refractivity contribution >= 4 is 11.9 Å². The van der Waals surface area contributed by atoms with Gasteiger partial charge in [-0.05, 0) is 52.2 Å². The Labute approximate surface area is 209 Å². The van der Waals surface area contributed by atoms with E-state index in [2.05, 4.69) is 31.8 Å². The van der Waals surface area contributed by atoms with Crippen molar-refractivity contribution in [1.82, 2.24) is 35.3 Å². The van der Waals surface area contributed by atoms with Gasteiger partial charge in [0.1, 0.15) is 12.4 Å². The number of amides is 1. The van der Waals surface area contributed by atoms with Crippen LogP contribution in [0.1, 0.15) is 40.0 Å². The topological polar surface area (TPSA) is 105 Å². The summed E-state index contributed by atoms with van der Waals surface area (Å²) in [5.41, 5.74) is 4.80. The first kappa shape index (κ1) is 22.8. The first-order valence-electron chi connectivity index (χ1n) is 12.4. The lowest BCUT2D eigenvalue weighted by atomic mass is 9.93. The highest BCUT2D eigenvalue weighted by atomic mass is 16.5. The second kappa shape index (κ2) is 9.44. The van der Waals surface area contributed by atoms with Crippen molar-refractivity contribution in [3.05, 3.63) is 71.0 Å². The van der Waals surface area contributed by atoms with Crippen LogP contribution in [0.25, 0.3) is 5.69 Å². The van der Waals surface area contributed by atoms with Crippen LogP contribution in [-0.2, 0) is 22.4 Å². The van der Waals surface area contributed by atoms with Gasteiger partial charge in [-0.3, -0.25) is 9.69 Å². The van der Waals surface area contributed by atoms with E-state index in [-0.39, 0.29) is 24.0 Å². The molecule has 36 heavy (non-hydrogen) atoms. The number of ether oxygens (including phenoxy) is 1. The van der Waals surface area contributed by atoms with Gasteiger partial charge < -0.3 is 15.0 Å². The molecule has 1 aromatic heterocycles. The number of esters is 1. The van der Waals surface area contributed by atoms with E-state index in [1.54, 1.807) is 11.0 Å². The molecule has 1 amide bonds. The minimum Gasteiger partial charge on any atom is -0.459 e. The molecule has 3 atom stereocenters. The molecule has 0 saturated carbocycles. The van der Waals surface area contributed by atoms with Crippen LogP contribution in [-0.4, -0.2) is 86.8 Å². The number of aromatic nitrogens is 4. The third-order valence-corrected chi connectivity index (χ3v) is 7.45. The molecule has 0 unspecified atom stereocenters. The van der Waals surface area contributed by atoms with E-state index < -0.39 is 0 Å². The maximum atomic E-state index is 13.0. The van der Waals surface area contributed by atoms with Gasteiger partial charge in [0, 0.05) is 51.2 Å². The Hall–Kier alpha value is -3.63. The summed E-state index contributed by atoms with van der Waals surface area (Å²) in [7, 11) is 0. The highest BCUT2D eigenvalue weighted by Gasteiger charge is 2.35. The lowest BCUT2D eigenvalue weighted by Gasteiger charge is -2.47. The number of nitrogens with zero attached hydrogens (tertiary/aromatic N) is 6. The van der Waals surface area contributed by atoms with Gasteiger partial charge in [-0.15, -0.1) is 5.10 Å². The molecule has 2 fully saturated rings. The number of carbonyl (C=O) groups is 2. The zero-order valence-electron chi connectivity index (χ0n) is 20.2. The molecule has 0 aliphatic carbocycles. The number of hydrogen-bond donors (Lipinski definition) is 1. The molecular weight excluding hydrogens is 458 g/mol. The van der Waals surface area contributed by atoms with Crippen molar-refractivity contribution < 1.29 is 14.3 Å². The summed E-state index contributed by atoms with van der Waals surface area (Å²) in [6.07, 6.45) is 2.60. The Balaban J connectivity index is 1.05. The molecule has 3 aromatic rings. The lowest BCUT2D eigenvalue weighted by molar-refractivity contribution is -0.134. The van der Waals surface area contributed by atoms with E-state index in [0.717, 1.165) is 56.0 Å². The molecular formula is C26H29N7O3. The van der Waals surface area contributed by atoms with Crippen LogP contribution in [0, 0.1) is 0 Å². The number of benzene rings is 2. The van der Waals surface area contributed by atoms with Crippen molar-refractivity contribution in [2.75, 3.05) is 32.7 Å². The molecule has 2 aromatic carbocycles. The number of cyclic esters (lactones) is 1. The van der Waals surface area contributed by atoms with Gasteiger partial charge in [-0.1, -0.05) is 24.3 Å². The Morgan fingerprint density at radius 1 is 1.14 bits per heavy atom. The Bertz CT molecular complexity index is 1260. The molecule has 0 bridgehead atoms. The van der Waals surface area contributed by atoms with E-state index in [1.807, 2.05) is 48.2 Å². The van der Waals surface area contributed by atoms with Gasteiger partial charge in [0.2, 0.25) is 5.91 Å². The van der Waals surface area contributed by atoms with Crippen molar-refractivity contribution in [2.45, 2.75) is 38.0 Å². The standard InChI is InChI=1S/C26H29N7O3/c1-17-10-20-12-19(4-7-23(20)26(35)36-17)24-15-31-8-9-32(14-22(31)13-27-24)25(34)11-18-2-5-21(6-3-18)33-16-28-29-30-33/h2-7,12,16-17,22,24,27H,8-11,13-15H2,1H3/t17-,22-,24+/m1/s1. The monoisotopic (exact) mass is 487 g/mol. The van der Waals surface area contributed by atoms with Crippen molar-refractivity contribution in [3.63, 3.8) is 0 Å². The predicted molar refractivity (Wildman–Crippen MR) is 131 cm³/mol. The number of fused-ring (bicyclic) bond motifs is 2. The van der Waals surface area contributed by atoms with Crippen LogP contribution in [0.4, 0.5) is 0 Å². The zero-order chi connectivity index (χ0) is 24.6. The maximum Gasteiger partial charge on any atom is 0.338 e. The predicted octanol–water partition coefficient (Wildman–Crippen LogP) is 1.16. The molecule has 10 nitrogen and oxygen atoms in total. The number of hydrogen-bond acceptors (Lipinski definition) is 8. The van der Waals surface area contributed by atoms with Crippen LogP contribution < -0.4 is 5.32 Å². The average Bonchev–Trinajstić information content (AvgIpc) is 3.43. The Morgan fingerprint density at radius 3 is 2.81 bits per heavy atom. The molecule has 186 valence electrons. The number of tetrazole rings is 1. The SMILES string of the molecule is C[C@@H]1Cc2cc([C@@H]3CN4CCN(C(=O)Cc5ccc(-n6cnnn6)cc5)C[C@H]4CN3)ccc2C(=O)O1. The second-order valence-corrected chi connectivity index (χ2v) is 9.88. The molecule has 1 N–H and O–H groups in total. The van der Waals surface area contributed by atoms with Crippen LogP contribution in [0.2, 0.25) is 0 Å². The van der Waals surface area contributed by atoms with E-state index in [9.17, 15) is 9.59 Å². The fourth-order valence-electron chi connectivity index (χ4n) is 5.48. The molecule has 0 spiro atoms. The minimum atomic E-state index is -0.226. The summed E-state index contributed by atoms with van der Waals surface area (Å²) in [6.45, 7) is 5.98. The lowest BCUT2D eigenvalue weighted by Crippen LogP contribution is -2.62. The van der Waals surface area contributed by atoms with Crippen LogP contribution in [0.5, 0.6) is 0 Å². The molecule has 0 radical (unpaired) electrons. The quantitative estimate of drug-likeness (QED) is 0.547. The van der Waals surface area contributed by atoms with Crippen molar-refractivity contribution in [3.8, 4) is 5.69 Å². The molecule has 2 saturated heterocycles. The largest absolute Gasteiger partial charge is 0.459 e. The van der Waals surface area contributed by atoms with Gasteiger partial charge in [0.25, 0.3) is 0 Å². The van der Waals surface area contributed by atoms with Gasteiger partial charge in [0.15, 0.2) is 0 Å². The second-order valence-electron chi connectivity index (χ2n) is 9.88. The van der Waals surface area contributed by atoms with Gasteiger partial charge in [-0.2, -0.15) is 0 Å². The Morgan fingerprint density at radius 2 is 2.00 bits per heavy atom. The first-order valence-corrected chi connectivity index (χ1v) is 12.4. The summed E-state index contributed by atoms with van der Waals surface area (Å²) in [5.74, 6) is -0.0705. The summed E-state index contributed by atoms with van der Waals surface area (Å²) in [4.78, 5) is 29.7. The first-order chi connectivity index (χ1) is 17.5. The fraction of sp³-hybridized carbons (Fsp3) is 0.423. The van der Waals surface area contributed by atoms with Crippen LogP contribution in [0.15, 0.2) is 48.8 Å². The van der Waals surface area contributed by atoms with Gasteiger partial charge >= 0.3 is 5.97 Å². The van der Waals surface area contributed by atoms with Crippen LogP contribution >= 0.6 is 0 Å². The van der Waals surface area contributed by atoms with E-state index in [1.165, 1.54) is 5.56 Å². The van der Waals surface area contributed by atoms with E-state index in [4.69, 9.17) is 4.74 Å². The van der Waals surface area contributed by atoms with Gasteiger partial charge in [0.05, 0.1) is 17.7 Å². The maximum absolute atomic E-state index is 13.0. The van der Waals surface area contributed by atoms with E-state index in [0.29, 0.717) is 18.0 Å². The highest BCUT2D eigenvalue weighted by Crippen LogP contribution is 2.28. The molecule has 3 aliphatic heterocycles. The zero-order valence-corrected chi connectivity index (χ0v) is 20.2. The number of piperazine rings is 2. The average molecular weight is 488 g/mol. The Kier molecular flexibility index (Phi) is 5.98. The summed E-state index contributed by atoms with van der Waals surface area (Å²) < 4.78 is 6.94. The van der Waals surface area contributed by atoms with E-state index >= 15 is 0 Å². The third-order valence-electron chi connectivity index (χ3n) is 7.45. The fourth-order valence-corrected chi connectivity index (χ4v) is 5.48. The highest BCUT2D eigenvalue weighted by molar-refractivity contribution is 5.92. The van der Waals surface area contributed by atoms with Crippen molar-refractivity contribution in [2.24, 2.45) is 0 Å². The molecule has 10 heteroatoms. The number of carbonyl (C=O) groups excluding carboxylic acids is 2.